The zero-order chi connectivity index (χ0) is 51.2. The molecule has 0 radical (unpaired) electrons. The molecule has 0 saturated heterocycles. The van der Waals surface area contributed by atoms with Crippen LogP contribution in [-0.4, -0.2) is 128 Å². The molecule has 0 atom stereocenters. The van der Waals surface area contributed by atoms with Gasteiger partial charge >= 0.3 is 0 Å². The van der Waals surface area contributed by atoms with E-state index < -0.39 is 11.8 Å². The Kier molecular flexibility index (Phi) is 20.9. The maximum absolute atomic E-state index is 14.7. The lowest BCUT2D eigenvalue weighted by Crippen LogP contribution is -2.47. The molecule has 2 N–H and O–H groups in total. The fraction of sp³-hybridized carbons (Fsp3) is 0.431. The molecule has 2 aliphatic rings. The van der Waals surface area contributed by atoms with Crippen LogP contribution in [0.25, 0.3) is 0 Å². The van der Waals surface area contributed by atoms with Crippen molar-refractivity contribution in [2.24, 2.45) is 4.99 Å². The number of anilines is 6. The summed E-state index contributed by atoms with van der Waals surface area (Å²) in [7, 11) is 6.14. The van der Waals surface area contributed by atoms with Crippen molar-refractivity contribution in [3.63, 3.8) is 0 Å². The third-order valence-electron chi connectivity index (χ3n) is 13.6. The van der Waals surface area contributed by atoms with Crippen molar-refractivity contribution in [1.82, 2.24) is 24.7 Å². The largest absolute Gasteiger partial charge is 0.496 e. The Morgan fingerprint density at radius 2 is 0.973 bits per heavy atom. The third-order valence-corrected chi connectivity index (χ3v) is 13.6. The highest BCUT2D eigenvalue weighted by molar-refractivity contribution is 6.14. The first-order valence-corrected chi connectivity index (χ1v) is 26.3. The molecule has 15 nitrogen and oxygen atoms in total. The Morgan fingerprint density at radius 3 is 1.47 bits per heavy atom. The number of ether oxygens (including phenoxy) is 1. The molecule has 73 heavy (non-hydrogen) atoms. The second-order valence-corrected chi connectivity index (χ2v) is 19.1. The van der Waals surface area contributed by atoms with Gasteiger partial charge in [-0.1, -0.05) is 87.8 Å². The number of hydrogen-bond acceptors (Lipinski definition) is 12. The number of aromatic nitrogens is 2. The predicted molar refractivity (Wildman–Crippen MR) is 293 cm³/mol. The summed E-state index contributed by atoms with van der Waals surface area (Å²) >= 11 is 0. The Morgan fingerprint density at radius 1 is 0.548 bits per heavy atom. The lowest BCUT2D eigenvalue weighted by molar-refractivity contribution is -0.143. The van der Waals surface area contributed by atoms with E-state index in [1.807, 2.05) is 42.6 Å². The summed E-state index contributed by atoms with van der Waals surface area (Å²) in [6.45, 7) is 4.98. The number of pyridine rings is 2. The number of para-hydroxylation sites is 3. The highest BCUT2D eigenvalue weighted by atomic mass is 16.5. The summed E-state index contributed by atoms with van der Waals surface area (Å²) in [4.78, 5) is 79.4. The molecule has 4 heterocycles. The van der Waals surface area contributed by atoms with Gasteiger partial charge in [-0.05, 0) is 139 Å². The number of carbonyl (C=O) groups is 4. The van der Waals surface area contributed by atoms with E-state index in [9.17, 15) is 19.2 Å². The summed E-state index contributed by atoms with van der Waals surface area (Å²) in [5.41, 5.74) is 3.78. The monoisotopic (exact) mass is 991 g/mol. The van der Waals surface area contributed by atoms with Crippen LogP contribution in [0.5, 0.6) is 5.75 Å². The molecule has 0 saturated carbocycles. The molecule has 5 aromatic rings. The van der Waals surface area contributed by atoms with Crippen molar-refractivity contribution in [2.75, 3.05) is 94.0 Å². The summed E-state index contributed by atoms with van der Waals surface area (Å²) in [6.07, 6.45) is 21.0. The number of hydrogen-bond donors (Lipinski definition) is 2. The highest BCUT2D eigenvalue weighted by Crippen LogP contribution is 2.38. The normalized spacial score (nSPS) is 12.9. The van der Waals surface area contributed by atoms with Crippen LogP contribution in [-0.2, 0) is 9.59 Å². The molecular weight excluding hydrogens is 917 g/mol. The van der Waals surface area contributed by atoms with Crippen molar-refractivity contribution >= 4 is 64.2 Å². The van der Waals surface area contributed by atoms with Crippen LogP contribution < -0.4 is 25.2 Å². The van der Waals surface area contributed by atoms with Gasteiger partial charge in [0.05, 0.1) is 41.0 Å². The Labute approximate surface area is 432 Å². The van der Waals surface area contributed by atoms with E-state index in [0.717, 1.165) is 63.2 Å². The lowest BCUT2D eigenvalue weighted by atomic mass is 10.1. The van der Waals surface area contributed by atoms with E-state index in [0.29, 0.717) is 51.9 Å². The zero-order valence-electron chi connectivity index (χ0n) is 43.1. The minimum Gasteiger partial charge on any atom is -0.496 e. The average molecular weight is 991 g/mol. The van der Waals surface area contributed by atoms with Gasteiger partial charge in [-0.2, -0.15) is 0 Å². The van der Waals surface area contributed by atoms with Gasteiger partial charge in [-0.15, -0.1) is 0 Å². The fourth-order valence-electron chi connectivity index (χ4n) is 9.55. The number of nitrogens with one attached hydrogen (secondary N) is 2. The molecule has 2 aliphatic heterocycles. The fourth-order valence-corrected chi connectivity index (χ4v) is 9.55. The average Bonchev–Trinajstić information content (AvgIpc) is 3.60. The van der Waals surface area contributed by atoms with Gasteiger partial charge in [-0.25, -0.2) is 9.97 Å². The van der Waals surface area contributed by atoms with Gasteiger partial charge in [0.2, 0.25) is 11.8 Å². The molecular formula is C58H74N10O5. The number of rotatable bonds is 29. The number of aliphatic imine (C=N–C) groups is 1. The maximum Gasteiger partial charge on any atom is 0.257 e. The van der Waals surface area contributed by atoms with Crippen LogP contribution in [0.15, 0.2) is 114 Å². The maximum atomic E-state index is 14.7. The van der Waals surface area contributed by atoms with Crippen LogP contribution in [0.3, 0.4) is 0 Å². The first-order valence-electron chi connectivity index (χ1n) is 26.3. The molecule has 0 bridgehead atoms. The van der Waals surface area contributed by atoms with Gasteiger partial charge < -0.3 is 35.0 Å². The molecule has 0 spiro atoms. The van der Waals surface area contributed by atoms with Crippen molar-refractivity contribution in [3.05, 3.63) is 126 Å². The number of carbonyl (C=O) groups excluding carboxylic acids is 4. The van der Waals surface area contributed by atoms with E-state index >= 15 is 0 Å². The van der Waals surface area contributed by atoms with Crippen LogP contribution in [0.1, 0.15) is 116 Å². The summed E-state index contributed by atoms with van der Waals surface area (Å²) in [5, 5.41) is 5.86. The number of amides is 4. The van der Waals surface area contributed by atoms with Crippen LogP contribution >= 0.6 is 0 Å². The minimum absolute atomic E-state index is 0.205. The summed E-state index contributed by atoms with van der Waals surface area (Å²) < 4.78 is 5.40. The Hall–Kier alpha value is -6.97. The van der Waals surface area contributed by atoms with Gasteiger partial charge in [0.15, 0.2) is 11.6 Å². The van der Waals surface area contributed by atoms with Gasteiger partial charge in [-0.3, -0.25) is 29.1 Å². The number of benzene rings is 3. The zero-order valence-corrected chi connectivity index (χ0v) is 43.1. The van der Waals surface area contributed by atoms with Crippen LogP contribution in [0.2, 0.25) is 0 Å². The van der Waals surface area contributed by atoms with E-state index in [1.165, 1.54) is 69.2 Å². The molecule has 0 aliphatic carbocycles. The number of fused-ring (bicyclic) bond motifs is 4. The van der Waals surface area contributed by atoms with E-state index in [-0.39, 0.29) is 31.4 Å². The number of imide groups is 1. The molecule has 3 aromatic carbocycles. The topological polar surface area (TPSA) is 156 Å². The summed E-state index contributed by atoms with van der Waals surface area (Å²) in [5.74, 6) is 0.197. The third kappa shape index (κ3) is 15.5. The quantitative estimate of drug-likeness (QED) is 0.0347. The van der Waals surface area contributed by atoms with Crippen molar-refractivity contribution < 1.29 is 23.9 Å². The molecule has 0 unspecified atom stereocenters. The standard InChI is InChI=1S/C58H74N10O5/c1-64(39-21-9-6-18-34-59-42-45-26-12-17-33-52(45)73-3)37-19-7-4-5-8-20-38-65(2)40-22-10-11-23-41-66(53(69)43-67-50-31-15-13-27-46(50)57(71)62-48-29-24-35-60-55(48)67)54(70)44-68-51-32-16-14-28-47(51)58(72)63-49-30-25-36-61-56(49)68/h12-17,24-33,35-36,42H,4-11,18-23,34,37-41,43-44H2,1-3H3,(H,62,71)(H,63,72). The van der Waals surface area contributed by atoms with Gasteiger partial charge in [0.25, 0.3) is 11.8 Å². The smallest absolute Gasteiger partial charge is 0.257 e. The Bertz CT molecular complexity index is 2500. The van der Waals surface area contributed by atoms with Crippen molar-refractivity contribution in [2.45, 2.75) is 89.9 Å². The first-order chi connectivity index (χ1) is 35.7. The molecule has 2 aromatic heterocycles. The second kappa shape index (κ2) is 28.3. The van der Waals surface area contributed by atoms with E-state index in [1.54, 1.807) is 90.0 Å². The van der Waals surface area contributed by atoms with Gasteiger partial charge in [0, 0.05) is 37.3 Å². The SMILES string of the molecule is COc1ccccc1C=NCCCCCCN(C)CCCCCCCCN(C)CCCCCCN(C(=O)CN1c2ccccc2C(=O)Nc2cccnc21)C(=O)CN1c2ccccc2C(=O)Nc2cccnc21. The predicted octanol–water partition coefficient (Wildman–Crippen LogP) is 10.4. The van der Waals surface area contributed by atoms with Crippen LogP contribution in [0, 0.1) is 0 Å². The highest BCUT2D eigenvalue weighted by Gasteiger charge is 2.33. The van der Waals surface area contributed by atoms with Crippen molar-refractivity contribution in [3.8, 4) is 5.75 Å². The van der Waals surface area contributed by atoms with E-state index in [4.69, 9.17) is 4.74 Å². The minimum atomic E-state index is -0.433. The molecule has 7 rings (SSSR count). The first kappa shape index (κ1) is 53.8. The molecule has 0 fully saturated rings. The number of unbranched alkanes of at least 4 members (excludes halogenated alkanes) is 11. The molecule has 15 heteroatoms. The van der Waals surface area contributed by atoms with Crippen molar-refractivity contribution in [1.29, 1.82) is 0 Å². The number of nitrogens with zero attached hydrogens (tertiary/aromatic N) is 8. The molecule has 386 valence electrons. The second-order valence-electron chi connectivity index (χ2n) is 19.1. The van der Waals surface area contributed by atoms with Gasteiger partial charge in [0.1, 0.15) is 18.8 Å². The summed E-state index contributed by atoms with van der Waals surface area (Å²) in [6, 6.07) is 29.1. The number of methoxy groups -OCH3 is 1. The lowest BCUT2D eigenvalue weighted by Gasteiger charge is -2.30. The van der Waals surface area contributed by atoms with Crippen LogP contribution in [0.4, 0.5) is 34.4 Å². The Balaban J connectivity index is 0.827. The molecule has 4 amide bonds. The van der Waals surface area contributed by atoms with E-state index in [2.05, 4.69) is 49.5 Å².